The number of aromatic amines is 1. The highest BCUT2D eigenvalue weighted by atomic mass is 32.1. The first kappa shape index (κ1) is 23.1. The molecule has 0 bridgehead atoms. The molecule has 2 heterocycles. The molecule has 0 saturated carbocycles. The fourth-order valence-electron chi connectivity index (χ4n) is 4.03. The van der Waals surface area contributed by atoms with Crippen molar-refractivity contribution in [3.8, 4) is 11.5 Å². The minimum Gasteiger partial charge on any atom is -0.497 e. The number of pyridine rings is 1. The van der Waals surface area contributed by atoms with Crippen molar-refractivity contribution in [1.29, 1.82) is 0 Å². The van der Waals surface area contributed by atoms with Gasteiger partial charge in [-0.05, 0) is 54.7 Å². The van der Waals surface area contributed by atoms with E-state index in [4.69, 9.17) is 26.4 Å². The summed E-state index contributed by atoms with van der Waals surface area (Å²) >= 11 is 5.75. The molecular formula is C25H29N3O4S. The summed E-state index contributed by atoms with van der Waals surface area (Å²) < 4.78 is 16.5. The maximum absolute atomic E-state index is 12.9. The molecule has 1 aliphatic rings. The van der Waals surface area contributed by atoms with Gasteiger partial charge in [0.1, 0.15) is 11.5 Å². The summed E-state index contributed by atoms with van der Waals surface area (Å²) in [5.74, 6) is 1.48. The summed E-state index contributed by atoms with van der Waals surface area (Å²) in [6, 6.07) is 15.4. The smallest absolute Gasteiger partial charge is 0.253 e. The van der Waals surface area contributed by atoms with Gasteiger partial charge in [0.15, 0.2) is 5.11 Å². The molecule has 1 aliphatic heterocycles. The summed E-state index contributed by atoms with van der Waals surface area (Å²) in [6.45, 7) is 2.30. The minimum absolute atomic E-state index is 0.150. The predicted octanol–water partition coefficient (Wildman–Crippen LogP) is 3.60. The number of nitrogens with zero attached hydrogens (tertiary/aromatic N) is 1. The molecule has 0 spiro atoms. The van der Waals surface area contributed by atoms with Crippen LogP contribution >= 0.6 is 12.2 Å². The van der Waals surface area contributed by atoms with Crippen molar-refractivity contribution in [2.75, 3.05) is 27.4 Å². The summed E-state index contributed by atoms with van der Waals surface area (Å²) in [4.78, 5) is 17.9. The number of thiocarbonyl (C=S) groups is 1. The number of aromatic nitrogens is 1. The molecule has 0 aliphatic carbocycles. The largest absolute Gasteiger partial charge is 0.497 e. The minimum atomic E-state index is -0.150. The Hall–Kier alpha value is -3.10. The number of methoxy groups -OCH3 is 2. The molecule has 1 saturated heterocycles. The third-order valence-electron chi connectivity index (χ3n) is 5.84. The van der Waals surface area contributed by atoms with E-state index in [2.05, 4.69) is 10.3 Å². The molecule has 3 aromatic rings. The van der Waals surface area contributed by atoms with Crippen LogP contribution in [-0.2, 0) is 17.8 Å². The van der Waals surface area contributed by atoms with Gasteiger partial charge < -0.3 is 29.4 Å². The first-order valence-corrected chi connectivity index (χ1v) is 11.4. The molecule has 7 nitrogen and oxygen atoms in total. The van der Waals surface area contributed by atoms with E-state index in [0.717, 1.165) is 41.7 Å². The van der Waals surface area contributed by atoms with Crippen LogP contribution in [0.15, 0.2) is 53.3 Å². The van der Waals surface area contributed by atoms with Crippen LogP contribution in [0.1, 0.15) is 24.0 Å². The highest BCUT2D eigenvalue weighted by Gasteiger charge is 2.19. The number of nitrogens with one attached hydrogen (secondary N) is 2. The van der Waals surface area contributed by atoms with E-state index in [1.165, 1.54) is 0 Å². The van der Waals surface area contributed by atoms with Crippen LogP contribution < -0.4 is 20.3 Å². The molecule has 1 aromatic heterocycles. The number of hydrogen-bond donors (Lipinski definition) is 2. The zero-order chi connectivity index (χ0) is 23.2. The Bertz CT molecular complexity index is 1170. The summed E-state index contributed by atoms with van der Waals surface area (Å²) in [7, 11) is 3.26. The van der Waals surface area contributed by atoms with Crippen LogP contribution in [-0.4, -0.2) is 48.5 Å². The van der Waals surface area contributed by atoms with Gasteiger partial charge in [0.05, 0.1) is 32.4 Å². The number of benzene rings is 2. The number of rotatable bonds is 8. The van der Waals surface area contributed by atoms with Gasteiger partial charge in [-0.2, -0.15) is 0 Å². The molecule has 174 valence electrons. The summed E-state index contributed by atoms with van der Waals surface area (Å²) in [6.07, 6.45) is 2.26. The second kappa shape index (κ2) is 10.7. The monoisotopic (exact) mass is 467 g/mol. The molecular weight excluding hydrogens is 438 g/mol. The first-order valence-electron chi connectivity index (χ1n) is 11.0. The number of hydrogen-bond acceptors (Lipinski definition) is 5. The molecule has 8 heteroatoms. The molecule has 0 radical (unpaired) electrons. The Balaban J connectivity index is 1.59. The zero-order valence-electron chi connectivity index (χ0n) is 18.9. The van der Waals surface area contributed by atoms with Gasteiger partial charge in [0.2, 0.25) is 0 Å². The fourth-order valence-corrected chi connectivity index (χ4v) is 4.24. The second-order valence-corrected chi connectivity index (χ2v) is 8.45. The number of fused-ring (bicyclic) bond motifs is 1. The normalized spacial score (nSPS) is 15.4. The van der Waals surface area contributed by atoms with Gasteiger partial charge in [0, 0.05) is 36.9 Å². The van der Waals surface area contributed by atoms with Gasteiger partial charge in [0.25, 0.3) is 5.56 Å². The van der Waals surface area contributed by atoms with Crippen LogP contribution in [0.25, 0.3) is 10.9 Å². The lowest BCUT2D eigenvalue weighted by atomic mass is 10.1. The van der Waals surface area contributed by atoms with Gasteiger partial charge in [-0.25, -0.2) is 0 Å². The topological polar surface area (TPSA) is 75.8 Å². The molecule has 0 unspecified atom stereocenters. The second-order valence-electron chi connectivity index (χ2n) is 8.07. The summed E-state index contributed by atoms with van der Waals surface area (Å²) in [5.41, 5.74) is 2.20. The average molecular weight is 468 g/mol. The molecule has 2 aromatic carbocycles. The standard InChI is InChI=1S/C25H29N3O4S/c1-30-20-10-9-17-12-19(24(29)27-22(17)13-20)16-28(15-18-6-3-4-8-23(18)31-2)25(33)26-14-21-7-5-11-32-21/h3-4,6,8-10,12-13,21H,5,7,11,14-16H2,1-2H3,(H,26,33)(H,27,29)/t21-/m0/s1. The highest BCUT2D eigenvalue weighted by Crippen LogP contribution is 2.22. The molecule has 33 heavy (non-hydrogen) atoms. The van der Waals surface area contributed by atoms with Gasteiger partial charge in [-0.1, -0.05) is 18.2 Å². The van der Waals surface area contributed by atoms with Crippen molar-refractivity contribution in [2.24, 2.45) is 0 Å². The van der Waals surface area contributed by atoms with Gasteiger partial charge in [-0.15, -0.1) is 0 Å². The SMILES string of the molecule is COc1ccc2cc(CN(Cc3ccccc3OC)C(=S)NC[C@@H]3CCCO3)c(=O)[nH]c2c1. The Morgan fingerprint density at radius 3 is 2.73 bits per heavy atom. The maximum Gasteiger partial charge on any atom is 0.253 e. The van der Waals surface area contributed by atoms with Crippen LogP contribution in [0.2, 0.25) is 0 Å². The first-order chi connectivity index (χ1) is 16.1. The maximum atomic E-state index is 12.9. The van der Waals surface area contributed by atoms with Gasteiger partial charge in [-0.3, -0.25) is 4.79 Å². The van der Waals surface area contributed by atoms with Gasteiger partial charge >= 0.3 is 0 Å². The van der Waals surface area contributed by atoms with Crippen LogP contribution in [0.5, 0.6) is 11.5 Å². The van der Waals surface area contributed by atoms with E-state index >= 15 is 0 Å². The lowest BCUT2D eigenvalue weighted by Gasteiger charge is -2.27. The lowest BCUT2D eigenvalue weighted by Crippen LogP contribution is -2.42. The van der Waals surface area contributed by atoms with E-state index in [0.29, 0.717) is 36.1 Å². The Kier molecular flexibility index (Phi) is 7.47. The van der Waals surface area contributed by atoms with Crippen LogP contribution in [0, 0.1) is 0 Å². The van der Waals surface area contributed by atoms with E-state index in [1.54, 1.807) is 14.2 Å². The fraction of sp³-hybridized carbons (Fsp3) is 0.360. The van der Waals surface area contributed by atoms with Crippen molar-refractivity contribution < 1.29 is 14.2 Å². The van der Waals surface area contributed by atoms with E-state index in [-0.39, 0.29) is 11.7 Å². The predicted molar refractivity (Wildman–Crippen MR) is 133 cm³/mol. The third-order valence-corrected chi connectivity index (χ3v) is 6.24. The third kappa shape index (κ3) is 5.64. The average Bonchev–Trinajstić information content (AvgIpc) is 3.36. The number of H-pyrrole nitrogens is 1. The van der Waals surface area contributed by atoms with Crippen molar-refractivity contribution >= 4 is 28.2 Å². The lowest BCUT2D eigenvalue weighted by molar-refractivity contribution is 0.113. The van der Waals surface area contributed by atoms with Crippen molar-refractivity contribution in [3.63, 3.8) is 0 Å². The molecule has 1 atom stereocenters. The van der Waals surface area contributed by atoms with Crippen LogP contribution in [0.3, 0.4) is 0 Å². The molecule has 4 rings (SSSR count). The van der Waals surface area contributed by atoms with E-state index in [1.807, 2.05) is 53.4 Å². The Morgan fingerprint density at radius 1 is 1.15 bits per heavy atom. The Labute approximate surface area is 198 Å². The number of para-hydroxylation sites is 1. The summed E-state index contributed by atoms with van der Waals surface area (Å²) in [5, 5.41) is 4.84. The number of ether oxygens (including phenoxy) is 3. The Morgan fingerprint density at radius 2 is 1.97 bits per heavy atom. The van der Waals surface area contributed by atoms with Crippen molar-refractivity contribution in [3.05, 3.63) is 70.0 Å². The molecule has 2 N–H and O–H groups in total. The molecule has 1 fully saturated rings. The highest BCUT2D eigenvalue weighted by molar-refractivity contribution is 7.80. The van der Waals surface area contributed by atoms with Crippen molar-refractivity contribution in [2.45, 2.75) is 32.0 Å². The van der Waals surface area contributed by atoms with Crippen molar-refractivity contribution in [1.82, 2.24) is 15.2 Å². The quantitative estimate of drug-likeness (QED) is 0.490. The molecule has 0 amide bonds. The van der Waals surface area contributed by atoms with Crippen LogP contribution in [0.4, 0.5) is 0 Å². The van der Waals surface area contributed by atoms with E-state index in [9.17, 15) is 4.79 Å². The zero-order valence-corrected chi connectivity index (χ0v) is 19.7. The van der Waals surface area contributed by atoms with E-state index < -0.39 is 0 Å².